The number of aliphatic imine (C=N–C) groups is 1. The van der Waals surface area contributed by atoms with Gasteiger partial charge in [0.25, 0.3) is 5.91 Å². The topological polar surface area (TPSA) is 86.1 Å². The van der Waals surface area contributed by atoms with Crippen LogP contribution in [0.15, 0.2) is 53.7 Å². The van der Waals surface area contributed by atoms with Gasteiger partial charge in [-0.3, -0.25) is 9.78 Å². The van der Waals surface area contributed by atoms with Crippen molar-refractivity contribution in [3.05, 3.63) is 65.7 Å². The summed E-state index contributed by atoms with van der Waals surface area (Å²) in [6.45, 7) is 1.70. The predicted molar refractivity (Wildman–Crippen MR) is 104 cm³/mol. The molecule has 2 aliphatic rings. The number of nitrogens with zero attached hydrogens (tertiary/aromatic N) is 4. The fraction of sp³-hybridized carbons (Fsp3) is 0.333. The molecule has 7 nitrogen and oxygen atoms in total. The van der Waals surface area contributed by atoms with Crippen molar-refractivity contribution in [3.8, 4) is 0 Å². The molecule has 150 valence electrons. The third-order valence-electron chi connectivity index (χ3n) is 5.31. The number of aromatic nitrogens is 1. The molecule has 0 atom stereocenters. The summed E-state index contributed by atoms with van der Waals surface area (Å²) >= 11 is 0. The van der Waals surface area contributed by atoms with E-state index in [1.807, 2.05) is 11.0 Å². The minimum atomic E-state index is -1.08. The summed E-state index contributed by atoms with van der Waals surface area (Å²) < 4.78 is 13.9. The summed E-state index contributed by atoms with van der Waals surface area (Å²) in [5.74, 6) is -1.28. The summed E-state index contributed by atoms with van der Waals surface area (Å²) in [7, 11) is 0. The Morgan fingerprint density at radius 2 is 1.66 bits per heavy atom. The SMILES string of the molecule is O=C(c1ccccc1F)N1CCN(C(=NC2(C(=O)O)CC2)c2ccccn2)CC1. The first-order valence-corrected chi connectivity index (χ1v) is 9.54. The molecule has 1 amide bonds. The molecule has 8 heteroatoms. The number of piperazine rings is 1. The van der Waals surface area contributed by atoms with E-state index in [0.29, 0.717) is 50.6 Å². The maximum atomic E-state index is 13.9. The molecular weight excluding hydrogens is 375 g/mol. The normalized spacial score (nSPS) is 18.4. The van der Waals surface area contributed by atoms with Crippen molar-refractivity contribution >= 4 is 17.7 Å². The number of carboxylic acids is 1. The zero-order valence-corrected chi connectivity index (χ0v) is 15.8. The van der Waals surface area contributed by atoms with Gasteiger partial charge >= 0.3 is 5.97 Å². The Labute approximate surface area is 167 Å². The number of amidine groups is 1. The van der Waals surface area contributed by atoms with Crippen molar-refractivity contribution < 1.29 is 19.1 Å². The quantitative estimate of drug-likeness (QED) is 0.631. The number of hydrogen-bond acceptors (Lipinski definition) is 4. The molecule has 2 fully saturated rings. The third-order valence-corrected chi connectivity index (χ3v) is 5.31. The number of pyridine rings is 1. The van der Waals surface area contributed by atoms with Crippen LogP contribution in [0.4, 0.5) is 4.39 Å². The maximum Gasteiger partial charge on any atom is 0.331 e. The van der Waals surface area contributed by atoms with Gasteiger partial charge in [0.1, 0.15) is 11.5 Å². The van der Waals surface area contributed by atoms with E-state index in [0.717, 1.165) is 0 Å². The Morgan fingerprint density at radius 3 is 2.24 bits per heavy atom. The van der Waals surface area contributed by atoms with Crippen molar-refractivity contribution in [2.75, 3.05) is 26.2 Å². The molecule has 2 heterocycles. The number of hydrogen-bond donors (Lipinski definition) is 1. The number of aliphatic carboxylic acids is 1. The summed E-state index contributed by atoms with van der Waals surface area (Å²) in [6, 6.07) is 11.4. The van der Waals surface area contributed by atoms with Gasteiger partial charge in [0.2, 0.25) is 0 Å². The van der Waals surface area contributed by atoms with Crippen LogP contribution in [0.5, 0.6) is 0 Å². The first-order valence-electron chi connectivity index (χ1n) is 9.54. The lowest BCUT2D eigenvalue weighted by Crippen LogP contribution is -2.51. The van der Waals surface area contributed by atoms with Crippen LogP contribution in [0.3, 0.4) is 0 Å². The van der Waals surface area contributed by atoms with E-state index in [2.05, 4.69) is 9.98 Å². The smallest absolute Gasteiger partial charge is 0.331 e. The van der Waals surface area contributed by atoms with Crippen LogP contribution in [-0.2, 0) is 4.79 Å². The standard InChI is InChI=1S/C21H21FN4O3/c22-16-6-2-1-5-15(16)19(27)26-13-11-25(12-14-26)18(17-7-3-4-10-23-17)24-21(8-9-21)20(28)29/h1-7,10H,8-9,11-14H2,(H,28,29). The Morgan fingerprint density at radius 1 is 1.00 bits per heavy atom. The molecular formula is C21H21FN4O3. The van der Waals surface area contributed by atoms with Crippen molar-refractivity contribution in [3.63, 3.8) is 0 Å². The summed E-state index contributed by atoms with van der Waals surface area (Å²) in [5, 5.41) is 9.53. The van der Waals surface area contributed by atoms with E-state index >= 15 is 0 Å². The van der Waals surface area contributed by atoms with Gasteiger partial charge in [0.05, 0.1) is 5.56 Å². The highest BCUT2D eigenvalue weighted by Crippen LogP contribution is 2.40. The summed E-state index contributed by atoms with van der Waals surface area (Å²) in [4.78, 5) is 36.7. The zero-order valence-electron chi connectivity index (χ0n) is 15.8. The van der Waals surface area contributed by atoms with E-state index in [1.54, 1.807) is 35.4 Å². The van der Waals surface area contributed by atoms with Gasteiger partial charge in [0, 0.05) is 32.4 Å². The molecule has 0 unspecified atom stereocenters. The van der Waals surface area contributed by atoms with E-state index < -0.39 is 17.3 Å². The lowest BCUT2D eigenvalue weighted by Gasteiger charge is -2.36. The first kappa shape index (κ1) is 19.0. The molecule has 1 aliphatic carbocycles. The molecule has 29 heavy (non-hydrogen) atoms. The van der Waals surface area contributed by atoms with E-state index in [-0.39, 0.29) is 11.5 Å². The van der Waals surface area contributed by atoms with E-state index in [9.17, 15) is 19.1 Å². The van der Waals surface area contributed by atoms with Crippen molar-refractivity contribution in [2.45, 2.75) is 18.4 Å². The van der Waals surface area contributed by atoms with Crippen molar-refractivity contribution in [1.29, 1.82) is 0 Å². The number of amides is 1. The van der Waals surface area contributed by atoms with Gasteiger partial charge in [0.15, 0.2) is 11.4 Å². The van der Waals surface area contributed by atoms with E-state index in [4.69, 9.17) is 0 Å². The molecule has 1 saturated carbocycles. The molecule has 1 N–H and O–H groups in total. The number of rotatable bonds is 4. The van der Waals surface area contributed by atoms with Crippen LogP contribution >= 0.6 is 0 Å². The van der Waals surface area contributed by atoms with Gasteiger partial charge in [-0.25, -0.2) is 14.2 Å². The van der Waals surface area contributed by atoms with Crippen LogP contribution in [0.25, 0.3) is 0 Å². The number of carbonyl (C=O) groups excluding carboxylic acids is 1. The largest absolute Gasteiger partial charge is 0.479 e. The second kappa shape index (κ2) is 7.62. The van der Waals surface area contributed by atoms with Gasteiger partial charge in [-0.1, -0.05) is 18.2 Å². The fourth-order valence-corrected chi connectivity index (χ4v) is 3.41. The van der Waals surface area contributed by atoms with Crippen LogP contribution in [0.2, 0.25) is 0 Å². The maximum absolute atomic E-state index is 13.9. The molecule has 0 radical (unpaired) electrons. The first-order chi connectivity index (χ1) is 14.0. The summed E-state index contributed by atoms with van der Waals surface area (Å²) in [5.41, 5.74) is -0.413. The van der Waals surface area contributed by atoms with Gasteiger partial charge in [-0.05, 0) is 37.1 Å². The molecule has 1 saturated heterocycles. The number of halogens is 1. The van der Waals surface area contributed by atoms with Crippen LogP contribution in [0.1, 0.15) is 28.9 Å². The van der Waals surface area contributed by atoms with Crippen molar-refractivity contribution in [1.82, 2.24) is 14.8 Å². The highest BCUT2D eigenvalue weighted by atomic mass is 19.1. The van der Waals surface area contributed by atoms with Crippen LogP contribution < -0.4 is 0 Å². The molecule has 0 spiro atoms. The minimum Gasteiger partial charge on any atom is -0.479 e. The zero-order chi connectivity index (χ0) is 20.4. The number of carbonyl (C=O) groups is 2. The minimum absolute atomic E-state index is 0.0578. The van der Waals surface area contributed by atoms with E-state index in [1.165, 1.54) is 12.1 Å². The van der Waals surface area contributed by atoms with Gasteiger partial charge in [-0.2, -0.15) is 0 Å². The average Bonchev–Trinajstić information content (AvgIpc) is 3.54. The predicted octanol–water partition coefficient (Wildman–Crippen LogP) is 2.04. The molecule has 1 aromatic heterocycles. The second-order valence-electron chi connectivity index (χ2n) is 7.25. The highest BCUT2D eigenvalue weighted by Gasteiger charge is 2.51. The Bertz CT molecular complexity index is 951. The third kappa shape index (κ3) is 3.83. The average molecular weight is 396 g/mol. The highest BCUT2D eigenvalue weighted by molar-refractivity contribution is 6.00. The fourth-order valence-electron chi connectivity index (χ4n) is 3.41. The van der Waals surface area contributed by atoms with Crippen molar-refractivity contribution in [2.24, 2.45) is 4.99 Å². The number of carboxylic acid groups (broad SMARTS) is 1. The molecule has 2 aromatic rings. The monoisotopic (exact) mass is 396 g/mol. The second-order valence-corrected chi connectivity index (χ2v) is 7.25. The Balaban J connectivity index is 1.53. The van der Waals surface area contributed by atoms with Gasteiger partial charge in [-0.15, -0.1) is 0 Å². The molecule has 0 bridgehead atoms. The number of benzene rings is 1. The van der Waals surface area contributed by atoms with Crippen LogP contribution in [-0.4, -0.2) is 69.3 Å². The Hall–Kier alpha value is -3.29. The van der Waals surface area contributed by atoms with Crippen LogP contribution in [0, 0.1) is 5.82 Å². The summed E-state index contributed by atoms with van der Waals surface area (Å²) in [6.07, 6.45) is 2.65. The lowest BCUT2D eigenvalue weighted by molar-refractivity contribution is -0.139. The molecule has 1 aliphatic heterocycles. The molecule has 1 aromatic carbocycles. The Kier molecular flexibility index (Phi) is 5.00. The van der Waals surface area contributed by atoms with Gasteiger partial charge < -0.3 is 14.9 Å². The molecule has 4 rings (SSSR count). The lowest BCUT2D eigenvalue weighted by atomic mass is 10.1.